The highest BCUT2D eigenvalue weighted by Crippen LogP contribution is 2.52. The van der Waals surface area contributed by atoms with Gasteiger partial charge in [0.1, 0.15) is 0 Å². The maximum atomic E-state index is 15.9. The smallest absolute Gasteiger partial charge is 0.243 e. The molecular formula is C36H24BOP. The third-order valence-corrected chi connectivity index (χ3v) is 11.5. The Labute approximate surface area is 228 Å². The molecule has 0 aromatic heterocycles. The van der Waals surface area contributed by atoms with Gasteiger partial charge in [-0.05, 0) is 39.1 Å². The lowest BCUT2D eigenvalue weighted by Gasteiger charge is -2.24. The predicted octanol–water partition coefficient (Wildman–Crippen LogP) is 5.91. The molecule has 0 radical (unpaired) electrons. The molecule has 3 heteroatoms. The van der Waals surface area contributed by atoms with E-state index in [-0.39, 0.29) is 6.71 Å². The van der Waals surface area contributed by atoms with E-state index in [1.54, 1.807) is 0 Å². The summed E-state index contributed by atoms with van der Waals surface area (Å²) in [5.41, 5.74) is 8.42. The van der Waals surface area contributed by atoms with Gasteiger partial charge in [0.25, 0.3) is 0 Å². The first kappa shape index (κ1) is 22.6. The van der Waals surface area contributed by atoms with Crippen molar-refractivity contribution < 1.29 is 4.57 Å². The molecule has 6 aromatic carbocycles. The standard InChI is InChI=1S/C36H24BOP/c38-39(28-23-22-25-12-4-5-13-26(25)24-28)33-20-10-7-17-30(33)35-29-16-6-9-19-32(29)37(27-14-2-1-3-15-27)36(35)31-18-8-11-21-34(31)39/h1-24H. The molecule has 2 aliphatic rings. The minimum Gasteiger partial charge on any atom is -0.309 e. The first-order chi connectivity index (χ1) is 19.2. The van der Waals surface area contributed by atoms with Crippen molar-refractivity contribution in [2.75, 3.05) is 0 Å². The van der Waals surface area contributed by atoms with Crippen LogP contribution in [-0.4, -0.2) is 6.71 Å². The maximum absolute atomic E-state index is 15.9. The van der Waals surface area contributed by atoms with Crippen molar-refractivity contribution in [2.24, 2.45) is 0 Å². The van der Waals surface area contributed by atoms with Crippen LogP contribution in [0.25, 0.3) is 21.8 Å². The van der Waals surface area contributed by atoms with E-state index in [2.05, 4.69) is 133 Å². The summed E-state index contributed by atoms with van der Waals surface area (Å²) in [5.74, 6) is 0. The number of hydrogen-bond donors (Lipinski definition) is 0. The van der Waals surface area contributed by atoms with E-state index >= 15 is 4.57 Å². The monoisotopic (exact) mass is 514 g/mol. The van der Waals surface area contributed by atoms with Crippen LogP contribution in [0.4, 0.5) is 0 Å². The van der Waals surface area contributed by atoms with Gasteiger partial charge < -0.3 is 4.57 Å². The van der Waals surface area contributed by atoms with Crippen LogP contribution in [0.5, 0.6) is 0 Å². The third kappa shape index (κ3) is 3.19. The molecule has 1 unspecified atom stereocenters. The van der Waals surface area contributed by atoms with Gasteiger partial charge in [0.15, 0.2) is 7.14 Å². The molecular weight excluding hydrogens is 490 g/mol. The first-order valence-electron chi connectivity index (χ1n) is 13.4. The van der Waals surface area contributed by atoms with Crippen LogP contribution in [0.1, 0.15) is 16.7 Å². The number of fused-ring (bicyclic) bond motifs is 7. The van der Waals surface area contributed by atoms with Gasteiger partial charge in [0.05, 0.1) is 0 Å². The summed E-state index contributed by atoms with van der Waals surface area (Å²) in [6, 6.07) is 51.0. The first-order valence-corrected chi connectivity index (χ1v) is 15.1. The molecule has 1 nitrogen and oxygen atoms in total. The van der Waals surface area contributed by atoms with Crippen LogP contribution in [0.15, 0.2) is 146 Å². The SMILES string of the molecule is O=P1(c2ccc3ccccc3c2)c2ccccc2C2=C(c3ccccc3B2c2ccccc2)c2ccccc21. The third-order valence-electron chi connectivity index (χ3n) is 8.37. The summed E-state index contributed by atoms with van der Waals surface area (Å²) in [6.07, 6.45) is 0. The van der Waals surface area contributed by atoms with Crippen LogP contribution >= 0.6 is 7.14 Å². The second-order valence-corrected chi connectivity index (χ2v) is 13.1. The van der Waals surface area contributed by atoms with Gasteiger partial charge in [-0.1, -0.05) is 156 Å². The van der Waals surface area contributed by atoms with Crippen molar-refractivity contribution in [1.29, 1.82) is 0 Å². The quantitative estimate of drug-likeness (QED) is 0.207. The molecule has 0 amide bonds. The second kappa shape index (κ2) is 8.56. The van der Waals surface area contributed by atoms with Gasteiger partial charge in [0.2, 0.25) is 6.71 Å². The van der Waals surface area contributed by atoms with Gasteiger partial charge in [-0.2, -0.15) is 0 Å². The van der Waals surface area contributed by atoms with Crippen LogP contribution in [0, 0.1) is 0 Å². The Hall–Kier alpha value is -4.39. The van der Waals surface area contributed by atoms with Gasteiger partial charge >= 0.3 is 0 Å². The number of rotatable bonds is 2. The second-order valence-electron chi connectivity index (χ2n) is 10.4. The lowest BCUT2D eigenvalue weighted by atomic mass is 9.37. The Balaban J connectivity index is 1.51. The van der Waals surface area contributed by atoms with Gasteiger partial charge in [-0.25, -0.2) is 0 Å². The molecule has 2 aliphatic heterocycles. The minimum atomic E-state index is -3.22. The van der Waals surface area contributed by atoms with Crippen molar-refractivity contribution in [3.8, 4) is 0 Å². The van der Waals surface area contributed by atoms with E-state index in [9.17, 15) is 0 Å². The fourth-order valence-corrected chi connectivity index (χ4v) is 9.78. The zero-order valence-corrected chi connectivity index (χ0v) is 22.2. The highest BCUT2D eigenvalue weighted by atomic mass is 31.2. The summed E-state index contributed by atoms with van der Waals surface area (Å²) in [7, 11) is -3.22. The minimum absolute atomic E-state index is 0.0646. The van der Waals surface area contributed by atoms with E-state index in [1.165, 1.54) is 27.5 Å². The van der Waals surface area contributed by atoms with Crippen molar-refractivity contribution in [3.05, 3.63) is 162 Å². The molecule has 0 N–H and O–H groups in total. The summed E-state index contributed by atoms with van der Waals surface area (Å²) < 4.78 is 15.9. The van der Waals surface area contributed by atoms with Gasteiger partial charge in [-0.3, -0.25) is 0 Å². The fourth-order valence-electron chi connectivity index (χ4n) is 6.71. The molecule has 0 spiro atoms. The average Bonchev–Trinajstić information content (AvgIpc) is 3.31. The van der Waals surface area contributed by atoms with E-state index < -0.39 is 7.14 Å². The molecule has 0 saturated carbocycles. The lowest BCUT2D eigenvalue weighted by molar-refractivity contribution is 0.592. The Morgan fingerprint density at radius 3 is 1.87 bits per heavy atom. The van der Waals surface area contributed by atoms with Gasteiger partial charge in [-0.15, -0.1) is 0 Å². The van der Waals surface area contributed by atoms with E-state index in [1.807, 2.05) is 12.1 Å². The van der Waals surface area contributed by atoms with Crippen molar-refractivity contribution >= 4 is 62.5 Å². The average molecular weight is 514 g/mol. The molecule has 182 valence electrons. The summed E-state index contributed by atoms with van der Waals surface area (Å²) in [4.78, 5) is 0. The molecule has 8 rings (SSSR count). The van der Waals surface area contributed by atoms with Gasteiger partial charge in [0, 0.05) is 15.9 Å². The molecule has 1 atom stereocenters. The van der Waals surface area contributed by atoms with Crippen molar-refractivity contribution in [2.45, 2.75) is 0 Å². The van der Waals surface area contributed by atoms with Crippen LogP contribution in [0.3, 0.4) is 0 Å². The number of hydrogen-bond acceptors (Lipinski definition) is 1. The number of benzene rings is 6. The largest absolute Gasteiger partial charge is 0.309 e. The fraction of sp³-hybridized carbons (Fsp3) is 0. The van der Waals surface area contributed by atoms with Crippen LogP contribution < -0.4 is 26.8 Å². The predicted molar refractivity (Wildman–Crippen MR) is 167 cm³/mol. The van der Waals surface area contributed by atoms with Crippen LogP contribution in [-0.2, 0) is 4.57 Å². The maximum Gasteiger partial charge on any atom is 0.243 e. The van der Waals surface area contributed by atoms with E-state index in [4.69, 9.17) is 0 Å². The molecule has 6 aromatic rings. The highest BCUT2D eigenvalue weighted by molar-refractivity contribution is 7.85. The summed E-state index contributed by atoms with van der Waals surface area (Å²) in [6.45, 7) is 0.0646. The zero-order valence-electron chi connectivity index (χ0n) is 21.3. The van der Waals surface area contributed by atoms with E-state index in [0.717, 1.165) is 37.8 Å². The Morgan fingerprint density at radius 2 is 1.08 bits per heavy atom. The highest BCUT2D eigenvalue weighted by Gasteiger charge is 2.45. The zero-order chi connectivity index (χ0) is 26.0. The van der Waals surface area contributed by atoms with Crippen LogP contribution in [0.2, 0.25) is 0 Å². The molecule has 0 fully saturated rings. The summed E-state index contributed by atoms with van der Waals surface area (Å²) in [5, 5.41) is 4.99. The molecule has 2 heterocycles. The Morgan fingerprint density at radius 1 is 0.487 bits per heavy atom. The molecule has 0 aliphatic carbocycles. The van der Waals surface area contributed by atoms with Crippen molar-refractivity contribution in [1.82, 2.24) is 0 Å². The van der Waals surface area contributed by atoms with E-state index in [0.29, 0.717) is 0 Å². The Kier molecular flexibility index (Phi) is 4.96. The molecule has 39 heavy (non-hydrogen) atoms. The normalized spacial score (nSPS) is 17.3. The Bertz CT molecular complexity index is 2010. The topological polar surface area (TPSA) is 17.1 Å². The molecule has 0 bridgehead atoms. The lowest BCUT2D eigenvalue weighted by Crippen LogP contribution is -2.42. The van der Waals surface area contributed by atoms with Crippen molar-refractivity contribution in [3.63, 3.8) is 0 Å². The summed E-state index contributed by atoms with van der Waals surface area (Å²) >= 11 is 0. The molecule has 0 saturated heterocycles.